The molecule has 0 bridgehead atoms. The molecule has 54 valence electrons. The monoisotopic (exact) mass is 166 g/mol. The highest BCUT2D eigenvalue weighted by Crippen LogP contribution is 1.96. The summed E-state index contributed by atoms with van der Waals surface area (Å²) in [5.74, 6) is 0.803. The van der Waals surface area contributed by atoms with Crippen LogP contribution >= 0.6 is 23.5 Å². The van der Waals surface area contributed by atoms with Crippen LogP contribution in [0.5, 0.6) is 0 Å². The molecule has 0 saturated carbocycles. The fourth-order valence-corrected chi connectivity index (χ4v) is 0.852. The first-order chi connectivity index (χ1) is 4.31. The lowest BCUT2D eigenvalue weighted by Gasteiger charge is -1.98. The van der Waals surface area contributed by atoms with E-state index in [1.54, 1.807) is 0 Å². The van der Waals surface area contributed by atoms with Gasteiger partial charge in [0.15, 0.2) is 0 Å². The molecular formula is C5H10O2S2. The van der Waals surface area contributed by atoms with E-state index in [2.05, 4.69) is 0 Å². The average Bonchev–Trinajstić information content (AvgIpc) is 1.85. The maximum Gasteiger partial charge on any atom is 0.316 e. The predicted octanol–water partition coefficient (Wildman–Crippen LogP) is 1.21. The van der Waals surface area contributed by atoms with Gasteiger partial charge in [0.2, 0.25) is 0 Å². The zero-order chi connectivity index (χ0) is 7.11. The minimum atomic E-state index is -0.128. The highest BCUT2D eigenvalue weighted by atomic mass is 32.2. The van der Waals surface area contributed by atoms with E-state index >= 15 is 0 Å². The van der Waals surface area contributed by atoms with Crippen LogP contribution in [0.1, 0.15) is 0 Å². The van der Waals surface area contributed by atoms with E-state index in [1.165, 1.54) is 23.5 Å². The summed E-state index contributed by atoms with van der Waals surface area (Å²) in [4.78, 5) is 10.5. The lowest BCUT2D eigenvalue weighted by molar-refractivity contribution is -0.138. The van der Waals surface area contributed by atoms with Gasteiger partial charge in [-0.1, -0.05) is 0 Å². The van der Waals surface area contributed by atoms with Crippen molar-refractivity contribution in [3.8, 4) is 0 Å². The number of thioether (sulfide) groups is 2. The maximum absolute atomic E-state index is 10.5. The Bertz CT molecular complexity index is 85.0. The molecule has 0 unspecified atom stereocenters. The maximum atomic E-state index is 10.5. The molecular weight excluding hydrogens is 156 g/mol. The Morgan fingerprint density at radius 2 is 2.11 bits per heavy atom. The van der Waals surface area contributed by atoms with E-state index < -0.39 is 0 Å². The van der Waals surface area contributed by atoms with Gasteiger partial charge in [-0.05, 0) is 12.5 Å². The SMILES string of the molecule is CSCOC(=O)CSC. The number of rotatable bonds is 4. The highest BCUT2D eigenvalue weighted by molar-refractivity contribution is 7.99. The zero-order valence-electron chi connectivity index (χ0n) is 5.55. The summed E-state index contributed by atoms with van der Waals surface area (Å²) in [7, 11) is 0. The summed E-state index contributed by atoms with van der Waals surface area (Å²) in [5.41, 5.74) is 0. The number of carbonyl (C=O) groups excluding carboxylic acids is 1. The van der Waals surface area contributed by atoms with Crippen LogP contribution in [0.15, 0.2) is 0 Å². The lowest BCUT2D eigenvalue weighted by atomic mass is 10.8. The van der Waals surface area contributed by atoms with Crippen LogP contribution in [0.3, 0.4) is 0 Å². The minimum Gasteiger partial charge on any atom is -0.454 e. The Morgan fingerprint density at radius 1 is 1.44 bits per heavy atom. The van der Waals surface area contributed by atoms with Gasteiger partial charge in [-0.3, -0.25) is 4.79 Å². The smallest absolute Gasteiger partial charge is 0.316 e. The molecule has 0 atom stereocenters. The van der Waals surface area contributed by atoms with E-state index in [9.17, 15) is 4.79 Å². The second-order valence-corrected chi connectivity index (χ2v) is 3.03. The van der Waals surface area contributed by atoms with Gasteiger partial charge in [0, 0.05) is 0 Å². The van der Waals surface area contributed by atoms with Gasteiger partial charge in [0.1, 0.15) is 5.94 Å². The van der Waals surface area contributed by atoms with Crippen LogP contribution in [-0.4, -0.2) is 30.2 Å². The van der Waals surface area contributed by atoms with E-state index in [-0.39, 0.29) is 5.97 Å². The third-order valence-electron chi connectivity index (χ3n) is 0.600. The van der Waals surface area contributed by atoms with E-state index in [0.29, 0.717) is 11.7 Å². The van der Waals surface area contributed by atoms with Gasteiger partial charge in [-0.2, -0.15) is 11.8 Å². The van der Waals surface area contributed by atoms with E-state index in [0.717, 1.165) is 0 Å². The topological polar surface area (TPSA) is 26.3 Å². The van der Waals surface area contributed by atoms with Gasteiger partial charge in [0.25, 0.3) is 0 Å². The Morgan fingerprint density at radius 3 is 2.56 bits per heavy atom. The van der Waals surface area contributed by atoms with Crippen LogP contribution in [0.25, 0.3) is 0 Å². The summed E-state index contributed by atoms with van der Waals surface area (Å²) in [6, 6.07) is 0. The van der Waals surface area contributed by atoms with Crippen LogP contribution < -0.4 is 0 Å². The van der Waals surface area contributed by atoms with E-state index in [1.807, 2.05) is 12.5 Å². The normalized spacial score (nSPS) is 9.11. The van der Waals surface area contributed by atoms with Crippen molar-refractivity contribution in [1.82, 2.24) is 0 Å². The first-order valence-electron chi connectivity index (χ1n) is 2.44. The second kappa shape index (κ2) is 6.29. The van der Waals surface area contributed by atoms with Crippen molar-refractivity contribution in [3.05, 3.63) is 0 Å². The molecule has 0 spiro atoms. The molecule has 0 aromatic heterocycles. The molecule has 0 radical (unpaired) electrons. The van der Waals surface area contributed by atoms with Crippen molar-refractivity contribution < 1.29 is 9.53 Å². The molecule has 0 fully saturated rings. The van der Waals surface area contributed by atoms with Crippen molar-refractivity contribution in [2.24, 2.45) is 0 Å². The molecule has 0 saturated heterocycles. The molecule has 0 aliphatic heterocycles. The average molecular weight is 166 g/mol. The van der Waals surface area contributed by atoms with E-state index in [4.69, 9.17) is 4.74 Å². The number of carbonyl (C=O) groups is 1. The van der Waals surface area contributed by atoms with Gasteiger partial charge in [0.05, 0.1) is 5.75 Å². The largest absolute Gasteiger partial charge is 0.454 e. The molecule has 0 aliphatic carbocycles. The van der Waals surface area contributed by atoms with Crippen molar-refractivity contribution in [1.29, 1.82) is 0 Å². The molecule has 0 aliphatic rings. The standard InChI is InChI=1S/C5H10O2S2/c1-8-3-5(6)7-4-9-2/h3-4H2,1-2H3. The predicted molar refractivity (Wildman–Crippen MR) is 42.9 cm³/mol. The fourth-order valence-electron chi connectivity index (χ4n) is 0.284. The molecule has 4 heteroatoms. The first kappa shape index (κ1) is 9.17. The third kappa shape index (κ3) is 6.05. The van der Waals surface area contributed by atoms with Crippen molar-refractivity contribution >= 4 is 29.5 Å². The fraction of sp³-hybridized carbons (Fsp3) is 0.800. The second-order valence-electron chi connectivity index (χ2n) is 1.36. The molecule has 0 rings (SSSR count). The minimum absolute atomic E-state index is 0.128. The molecule has 0 aromatic rings. The number of hydrogen-bond acceptors (Lipinski definition) is 4. The highest BCUT2D eigenvalue weighted by Gasteiger charge is 1.97. The number of ether oxygens (including phenoxy) is 1. The molecule has 0 heterocycles. The summed E-state index contributed by atoms with van der Waals surface area (Å²) < 4.78 is 4.73. The summed E-state index contributed by atoms with van der Waals surface area (Å²) in [5, 5.41) is 0. The van der Waals surface area contributed by atoms with Crippen LogP contribution in [0.4, 0.5) is 0 Å². The van der Waals surface area contributed by atoms with Gasteiger partial charge >= 0.3 is 5.97 Å². The van der Waals surface area contributed by atoms with Crippen LogP contribution in [0, 0.1) is 0 Å². The molecule has 0 amide bonds. The van der Waals surface area contributed by atoms with Crippen LogP contribution in [0.2, 0.25) is 0 Å². The molecule has 0 aromatic carbocycles. The molecule has 2 nitrogen and oxygen atoms in total. The van der Waals surface area contributed by atoms with Gasteiger partial charge in [-0.15, -0.1) is 11.8 Å². The van der Waals surface area contributed by atoms with Gasteiger partial charge < -0.3 is 4.74 Å². The Balaban J connectivity index is 3.06. The van der Waals surface area contributed by atoms with Crippen molar-refractivity contribution in [2.45, 2.75) is 0 Å². The molecule has 0 N–H and O–H groups in total. The van der Waals surface area contributed by atoms with Crippen LogP contribution in [-0.2, 0) is 9.53 Å². The first-order valence-corrected chi connectivity index (χ1v) is 5.23. The lowest BCUT2D eigenvalue weighted by Crippen LogP contribution is -2.05. The number of esters is 1. The summed E-state index contributed by atoms with van der Waals surface area (Å²) in [6.07, 6.45) is 3.77. The summed E-state index contributed by atoms with van der Waals surface area (Å²) in [6.45, 7) is 0. The molecule has 9 heavy (non-hydrogen) atoms. The van der Waals surface area contributed by atoms with Gasteiger partial charge in [-0.25, -0.2) is 0 Å². The van der Waals surface area contributed by atoms with Crippen molar-refractivity contribution in [3.63, 3.8) is 0 Å². The Hall–Kier alpha value is 0.170. The zero-order valence-corrected chi connectivity index (χ0v) is 7.18. The Labute approximate surface area is 63.7 Å². The number of hydrogen-bond donors (Lipinski definition) is 0. The quantitative estimate of drug-likeness (QED) is 0.463. The Kier molecular flexibility index (Phi) is 6.41. The summed E-state index contributed by atoms with van der Waals surface area (Å²) >= 11 is 2.98. The van der Waals surface area contributed by atoms with Crippen molar-refractivity contribution in [2.75, 3.05) is 24.2 Å². The third-order valence-corrected chi connectivity index (χ3v) is 1.48.